The van der Waals surface area contributed by atoms with E-state index in [1.54, 1.807) is 29.6 Å². The van der Waals surface area contributed by atoms with Crippen LogP contribution in [-0.4, -0.2) is 55.7 Å². The maximum Gasteiger partial charge on any atom is 0.195 e. The molecule has 7 heteroatoms. The van der Waals surface area contributed by atoms with Gasteiger partial charge in [0.15, 0.2) is 11.1 Å². The Morgan fingerprint density at radius 2 is 2.33 bits per heavy atom. The smallest absolute Gasteiger partial charge is 0.195 e. The summed E-state index contributed by atoms with van der Waals surface area (Å²) in [6.45, 7) is 2.39. The van der Waals surface area contributed by atoms with Gasteiger partial charge in [-0.05, 0) is 61.9 Å². The zero-order chi connectivity index (χ0) is 20.5. The predicted molar refractivity (Wildman–Crippen MR) is 122 cm³/mol. The van der Waals surface area contributed by atoms with Crippen LogP contribution in [-0.2, 0) is 16.6 Å². The van der Waals surface area contributed by atoms with Gasteiger partial charge in [-0.25, -0.2) is 4.98 Å². The van der Waals surface area contributed by atoms with Crippen molar-refractivity contribution in [2.24, 2.45) is 22.1 Å². The van der Waals surface area contributed by atoms with Crippen molar-refractivity contribution >= 4 is 32.6 Å². The number of ether oxygens (including phenoxy) is 1. The molecular weight excluding hydrogens is 394 g/mol. The fraction of sp³-hybridized carbons (Fsp3) is 0.652. The summed E-state index contributed by atoms with van der Waals surface area (Å²) in [7, 11) is 4.02. The molecule has 0 radical (unpaired) electrons. The maximum atomic E-state index is 6.02. The fourth-order valence-corrected chi connectivity index (χ4v) is 8.55. The molecule has 2 spiro atoms. The second-order valence-electron chi connectivity index (χ2n) is 9.97. The van der Waals surface area contributed by atoms with Crippen LogP contribution in [0.2, 0.25) is 0 Å². The molecule has 3 fully saturated rings. The van der Waals surface area contributed by atoms with Crippen molar-refractivity contribution in [2.45, 2.75) is 50.0 Å². The molecule has 6 nitrogen and oxygen atoms in total. The first-order valence-electron chi connectivity index (χ1n) is 11.2. The Kier molecular flexibility index (Phi) is 4.21. The topological polar surface area (TPSA) is 75.8 Å². The lowest BCUT2D eigenvalue weighted by atomic mass is 9.60. The Bertz CT molecular complexity index is 1030. The summed E-state index contributed by atoms with van der Waals surface area (Å²) in [5, 5.41) is 4.00. The van der Waals surface area contributed by atoms with Crippen molar-refractivity contribution in [3.8, 4) is 0 Å². The van der Waals surface area contributed by atoms with E-state index in [1.807, 2.05) is 0 Å². The van der Waals surface area contributed by atoms with E-state index in [1.165, 1.54) is 49.8 Å². The monoisotopic (exact) mass is 425 g/mol. The number of anilines is 1. The first-order valence-corrected chi connectivity index (χ1v) is 12.1. The summed E-state index contributed by atoms with van der Waals surface area (Å²) in [6, 6.07) is 5.66. The van der Waals surface area contributed by atoms with Crippen LogP contribution in [0.4, 0.5) is 5.13 Å². The van der Waals surface area contributed by atoms with E-state index < -0.39 is 0 Å². The highest BCUT2D eigenvalue weighted by molar-refractivity contribution is 7.22. The zero-order valence-corrected chi connectivity index (χ0v) is 18.7. The number of hydrogen-bond donors (Lipinski definition) is 2. The van der Waals surface area contributed by atoms with Gasteiger partial charge in [0.05, 0.1) is 23.4 Å². The summed E-state index contributed by atoms with van der Waals surface area (Å²) in [4.78, 5) is 11.8. The third-order valence-corrected chi connectivity index (χ3v) is 9.25. The summed E-state index contributed by atoms with van der Waals surface area (Å²) in [6.07, 6.45) is 8.16. The molecule has 1 saturated heterocycles. The average Bonchev–Trinajstić information content (AvgIpc) is 3.17. The van der Waals surface area contributed by atoms with E-state index >= 15 is 0 Å². The van der Waals surface area contributed by atoms with Gasteiger partial charge in [-0.15, -0.1) is 0 Å². The Morgan fingerprint density at radius 1 is 1.43 bits per heavy atom. The quantitative estimate of drug-likeness (QED) is 0.446. The molecule has 30 heavy (non-hydrogen) atoms. The number of benzene rings is 1. The summed E-state index contributed by atoms with van der Waals surface area (Å²) in [5.41, 5.74) is 11.2. The van der Waals surface area contributed by atoms with Gasteiger partial charge >= 0.3 is 0 Å². The number of nitrogens with two attached hydrogens (primary N) is 1. The number of nitrogens with one attached hydrogen (secondary N) is 1. The molecule has 3 aliphatic carbocycles. The van der Waals surface area contributed by atoms with Crippen LogP contribution in [0.5, 0.6) is 0 Å². The normalized spacial score (nSPS) is 34.9. The Hall–Kier alpha value is -1.70. The van der Waals surface area contributed by atoms with Gasteiger partial charge in [-0.1, -0.05) is 24.2 Å². The molecule has 1 aliphatic heterocycles. The largest absolute Gasteiger partial charge is 0.383 e. The number of likely N-dealkylation sites (tertiary alicyclic amines) is 1. The average molecular weight is 426 g/mol. The number of aromatic nitrogens is 1. The maximum absolute atomic E-state index is 6.02. The third kappa shape index (κ3) is 2.55. The van der Waals surface area contributed by atoms with Crippen LogP contribution in [0, 0.1) is 11.3 Å². The minimum absolute atomic E-state index is 0.382. The highest BCUT2D eigenvalue weighted by Gasteiger charge is 2.69. The van der Waals surface area contributed by atoms with E-state index in [0.717, 1.165) is 22.6 Å². The van der Waals surface area contributed by atoms with Gasteiger partial charge in [-0.3, -0.25) is 4.99 Å². The van der Waals surface area contributed by atoms with E-state index in [9.17, 15) is 0 Å². The molecule has 6 rings (SSSR count). The molecule has 3 N–H and O–H groups in total. The van der Waals surface area contributed by atoms with Crippen LogP contribution >= 0.6 is 11.3 Å². The summed E-state index contributed by atoms with van der Waals surface area (Å²) >= 11 is 1.68. The highest BCUT2D eigenvalue weighted by atomic mass is 32.1. The predicted octanol–water partition coefficient (Wildman–Crippen LogP) is 3.36. The molecule has 1 aromatic carbocycles. The third-order valence-electron chi connectivity index (χ3n) is 8.32. The minimum Gasteiger partial charge on any atom is -0.383 e. The zero-order valence-electron chi connectivity index (χ0n) is 17.9. The lowest BCUT2D eigenvalue weighted by Gasteiger charge is -2.55. The van der Waals surface area contributed by atoms with Crippen molar-refractivity contribution in [3.05, 3.63) is 23.3 Å². The first kappa shape index (κ1) is 19.0. The molecule has 2 bridgehead atoms. The first-order chi connectivity index (χ1) is 14.5. The van der Waals surface area contributed by atoms with Crippen LogP contribution in [0.25, 0.3) is 10.2 Å². The number of nitrogens with zero attached hydrogens (tertiary/aromatic N) is 3. The van der Waals surface area contributed by atoms with Crippen molar-refractivity contribution in [3.63, 3.8) is 0 Å². The fourth-order valence-electron chi connectivity index (χ4n) is 7.63. The highest BCUT2D eigenvalue weighted by Crippen LogP contribution is 2.69. The van der Waals surface area contributed by atoms with Gasteiger partial charge in [0, 0.05) is 30.5 Å². The lowest BCUT2D eigenvalue weighted by molar-refractivity contribution is -0.0519. The minimum atomic E-state index is 0.382. The number of hydrogen-bond acceptors (Lipinski definition) is 5. The van der Waals surface area contributed by atoms with Gasteiger partial charge < -0.3 is 20.7 Å². The Labute approximate surface area is 181 Å². The lowest BCUT2D eigenvalue weighted by Crippen LogP contribution is -2.62. The molecule has 2 saturated carbocycles. The number of methoxy groups -OCH3 is 1. The number of thiazole rings is 1. The van der Waals surface area contributed by atoms with E-state index in [-0.39, 0.29) is 0 Å². The van der Waals surface area contributed by atoms with Crippen LogP contribution in [0.3, 0.4) is 0 Å². The summed E-state index contributed by atoms with van der Waals surface area (Å²) < 4.78 is 6.29. The number of aliphatic imine (C=N–C) groups is 1. The number of guanidine groups is 1. The van der Waals surface area contributed by atoms with Gasteiger partial charge in [0.2, 0.25) is 0 Å². The second-order valence-corrected chi connectivity index (χ2v) is 11.0. The molecule has 0 amide bonds. The number of fused-ring (bicyclic) bond motifs is 3. The molecule has 1 aromatic heterocycles. The van der Waals surface area contributed by atoms with Gasteiger partial charge in [-0.2, -0.15) is 0 Å². The second kappa shape index (κ2) is 6.65. The number of rotatable bonds is 4. The van der Waals surface area contributed by atoms with Gasteiger partial charge in [0.25, 0.3) is 0 Å². The van der Waals surface area contributed by atoms with Gasteiger partial charge in [0.1, 0.15) is 0 Å². The molecule has 160 valence electrons. The van der Waals surface area contributed by atoms with Crippen molar-refractivity contribution < 1.29 is 4.74 Å². The van der Waals surface area contributed by atoms with Crippen molar-refractivity contribution in [1.29, 1.82) is 0 Å². The van der Waals surface area contributed by atoms with E-state index in [2.05, 4.69) is 34.4 Å². The molecule has 4 aliphatic rings. The molecule has 2 heterocycles. The van der Waals surface area contributed by atoms with Crippen LogP contribution in [0.1, 0.15) is 43.2 Å². The molecule has 2 aromatic rings. The van der Waals surface area contributed by atoms with E-state index in [4.69, 9.17) is 15.5 Å². The summed E-state index contributed by atoms with van der Waals surface area (Å²) in [5.74, 6) is 1.23. The van der Waals surface area contributed by atoms with Crippen LogP contribution in [0.15, 0.2) is 17.1 Å². The van der Waals surface area contributed by atoms with E-state index in [0.29, 0.717) is 29.9 Å². The molecular formula is C23H31N5OS. The standard InChI is InChI=1S/C23H31N5OS/c1-28-13-22-11-14-9-18-17(26-21(30-18)27-20(24)25-7-8-29-2)10-16(14)23(12-22)6-4-3-5-15(23)19(22)28/h9-10,15,19H,3-8,11-13H2,1-2H3,(H3,24,25,26,27). The van der Waals surface area contributed by atoms with Crippen molar-refractivity contribution in [1.82, 2.24) is 9.88 Å². The van der Waals surface area contributed by atoms with Crippen molar-refractivity contribution in [2.75, 3.05) is 39.2 Å². The molecule has 4 unspecified atom stereocenters. The SMILES string of the molecule is COCCN=C(N)Nc1nc2cc3c(cc2s1)CC12CN(C)C1C1CCCCC31C2. The molecule has 4 atom stereocenters. The van der Waals surface area contributed by atoms with Crippen LogP contribution < -0.4 is 11.1 Å². The Balaban J connectivity index is 1.37. The Morgan fingerprint density at radius 3 is 3.17 bits per heavy atom.